The third kappa shape index (κ3) is 4.55. The molecule has 1 aliphatic rings. The number of carbonyl (C=O) groups excluding carboxylic acids is 2. The molecule has 3 heterocycles. The van der Waals surface area contributed by atoms with Gasteiger partial charge in [0.05, 0.1) is 16.1 Å². The van der Waals surface area contributed by atoms with Crippen molar-refractivity contribution in [2.45, 2.75) is 36.1 Å². The van der Waals surface area contributed by atoms with Gasteiger partial charge in [-0.1, -0.05) is 17.7 Å². The summed E-state index contributed by atoms with van der Waals surface area (Å²) in [5, 5.41) is 2.83. The topological polar surface area (TPSA) is 145 Å². The lowest BCUT2D eigenvalue weighted by molar-refractivity contribution is -0.122. The summed E-state index contributed by atoms with van der Waals surface area (Å²) in [6, 6.07) is 11.9. The molecule has 1 saturated heterocycles. The van der Waals surface area contributed by atoms with Crippen molar-refractivity contribution >= 4 is 48.8 Å². The molecule has 1 N–H and O–H groups in total. The van der Waals surface area contributed by atoms with Gasteiger partial charge in [0, 0.05) is 36.9 Å². The van der Waals surface area contributed by atoms with E-state index < -0.39 is 32.0 Å². The predicted molar refractivity (Wildman–Crippen MR) is 148 cm³/mol. The summed E-state index contributed by atoms with van der Waals surface area (Å²) in [4.78, 5) is 36.5. The molecule has 1 unspecified atom stereocenters. The van der Waals surface area contributed by atoms with Crippen LogP contribution in [0, 0.1) is 13.8 Å². The Morgan fingerprint density at radius 2 is 1.65 bits per heavy atom. The number of carbonyl (C=O) groups is 2. The maximum absolute atomic E-state index is 14.0. The van der Waals surface area contributed by atoms with E-state index in [0.717, 1.165) is 13.8 Å². The van der Waals surface area contributed by atoms with Crippen molar-refractivity contribution in [1.29, 1.82) is 0 Å². The molecule has 1 aliphatic heterocycles. The molecule has 0 radical (unpaired) electrons. The van der Waals surface area contributed by atoms with E-state index in [0.29, 0.717) is 11.8 Å². The Morgan fingerprint density at radius 1 is 0.950 bits per heavy atom. The van der Waals surface area contributed by atoms with Crippen LogP contribution in [0.5, 0.6) is 0 Å². The minimum atomic E-state index is -4.41. The zero-order valence-corrected chi connectivity index (χ0v) is 23.5. The molecule has 11 nitrogen and oxygen atoms in total. The number of anilines is 1. The van der Waals surface area contributed by atoms with Gasteiger partial charge in [-0.15, -0.1) is 0 Å². The summed E-state index contributed by atoms with van der Waals surface area (Å²) in [5.41, 5.74) is 0.814. The van der Waals surface area contributed by atoms with E-state index in [9.17, 15) is 31.2 Å². The molecular weight excluding hydrogens is 556 g/mol. The van der Waals surface area contributed by atoms with E-state index in [1.54, 1.807) is 39.1 Å². The van der Waals surface area contributed by atoms with Crippen LogP contribution in [0.15, 0.2) is 75.4 Å². The first-order valence-corrected chi connectivity index (χ1v) is 15.2. The lowest BCUT2D eigenvalue weighted by Gasteiger charge is -2.38. The van der Waals surface area contributed by atoms with Gasteiger partial charge in [-0.25, -0.2) is 20.8 Å². The van der Waals surface area contributed by atoms with E-state index in [2.05, 4.69) is 5.32 Å². The van der Waals surface area contributed by atoms with Gasteiger partial charge in [-0.3, -0.25) is 14.4 Å². The first-order chi connectivity index (χ1) is 18.8. The van der Waals surface area contributed by atoms with Gasteiger partial charge in [0.2, 0.25) is 15.9 Å². The lowest BCUT2D eigenvalue weighted by Crippen LogP contribution is -2.56. The van der Waals surface area contributed by atoms with Gasteiger partial charge in [0.15, 0.2) is 6.29 Å². The van der Waals surface area contributed by atoms with Gasteiger partial charge in [0.25, 0.3) is 15.6 Å². The minimum absolute atomic E-state index is 0.0262. The van der Waals surface area contributed by atoms with E-state index in [1.807, 2.05) is 0 Å². The summed E-state index contributed by atoms with van der Waals surface area (Å²) in [5.74, 6) is -0.622. The Morgan fingerprint density at radius 3 is 2.25 bits per heavy atom. The molecule has 5 rings (SSSR count). The third-order valence-electron chi connectivity index (χ3n) is 6.90. The number of hydrogen-bond donors (Lipinski definition) is 1. The molecule has 2 aromatic carbocycles. The maximum atomic E-state index is 14.0. The molecule has 4 aromatic rings. The number of rotatable bonds is 7. The lowest BCUT2D eigenvalue weighted by atomic mass is 10.1. The number of aryl methyl sites for hydroxylation is 3. The molecule has 0 spiro atoms. The number of sulfonamides is 1. The molecule has 13 heteroatoms. The van der Waals surface area contributed by atoms with Gasteiger partial charge in [-0.2, -0.15) is 4.31 Å². The first-order valence-electron chi connectivity index (χ1n) is 12.3. The average molecular weight is 583 g/mol. The Balaban J connectivity index is 1.61. The molecular formula is C27H26N4O7S2. The smallest absolute Gasteiger partial charge is 0.268 e. The fourth-order valence-electron chi connectivity index (χ4n) is 4.69. The molecule has 0 bridgehead atoms. The minimum Gasteiger partial charge on any atom is -0.324 e. The second-order valence-electron chi connectivity index (χ2n) is 9.74. The number of aldehydes is 1. The highest BCUT2D eigenvalue weighted by molar-refractivity contribution is 7.90. The van der Waals surface area contributed by atoms with Crippen molar-refractivity contribution in [3.63, 3.8) is 0 Å². The van der Waals surface area contributed by atoms with Crippen LogP contribution in [-0.2, 0) is 31.9 Å². The number of amides is 1. The Bertz CT molecular complexity index is 1960. The van der Waals surface area contributed by atoms with Crippen LogP contribution in [-0.4, -0.2) is 54.5 Å². The summed E-state index contributed by atoms with van der Waals surface area (Å²) in [6.07, 6.45) is 2.07. The van der Waals surface area contributed by atoms with Crippen LogP contribution < -0.4 is 10.9 Å². The van der Waals surface area contributed by atoms with Crippen LogP contribution in [0.25, 0.3) is 10.9 Å². The Hall–Kier alpha value is -4.07. The molecule has 0 saturated carbocycles. The summed E-state index contributed by atoms with van der Waals surface area (Å²) in [7, 11) is -7.23. The SMILES string of the molecule is Cc1ccc(S(=O)(=O)n2c(C=O)cc3cc(C)cc(S(=O)(=O)N4CCC4C(=O)Nc4ccn(C)c(=O)c4)c32)cc1. The summed E-state index contributed by atoms with van der Waals surface area (Å²) < 4.78 is 58.6. The monoisotopic (exact) mass is 582 g/mol. The highest BCUT2D eigenvalue weighted by Gasteiger charge is 2.44. The van der Waals surface area contributed by atoms with E-state index >= 15 is 0 Å². The Labute approximate surface area is 230 Å². The standard InChI is InChI=1S/C27H26N4O7S2/c1-17-4-6-22(7-5-17)39(35,36)31-21(16-32)14-19-12-18(2)13-24(26(19)31)40(37,38)30-11-9-23(30)27(34)28-20-8-10-29(3)25(33)15-20/h4-8,10,12-16,23H,9,11H2,1-3H3,(H,28,34). The molecule has 1 atom stereocenters. The molecule has 2 aromatic heterocycles. The van der Waals surface area contributed by atoms with Gasteiger partial charge < -0.3 is 9.88 Å². The van der Waals surface area contributed by atoms with Crippen molar-refractivity contribution in [3.8, 4) is 0 Å². The maximum Gasteiger partial charge on any atom is 0.268 e. The Kier molecular flexibility index (Phi) is 6.76. The van der Waals surface area contributed by atoms with Crippen LogP contribution in [0.3, 0.4) is 0 Å². The molecule has 208 valence electrons. The second kappa shape index (κ2) is 9.84. The van der Waals surface area contributed by atoms with Gasteiger partial charge >= 0.3 is 0 Å². The third-order valence-corrected chi connectivity index (χ3v) is 10.6. The van der Waals surface area contributed by atoms with Crippen LogP contribution in [0.2, 0.25) is 0 Å². The van der Waals surface area contributed by atoms with Crippen molar-refractivity contribution in [2.75, 3.05) is 11.9 Å². The number of benzene rings is 2. The highest BCUT2D eigenvalue weighted by atomic mass is 32.2. The van der Waals surface area contributed by atoms with Gasteiger partial charge in [-0.05, 0) is 62.2 Å². The van der Waals surface area contributed by atoms with Crippen molar-refractivity contribution in [2.24, 2.45) is 7.05 Å². The number of hydrogen-bond acceptors (Lipinski definition) is 7. The van der Waals surface area contributed by atoms with Gasteiger partial charge in [0.1, 0.15) is 10.9 Å². The predicted octanol–water partition coefficient (Wildman–Crippen LogP) is 2.41. The van der Waals surface area contributed by atoms with Crippen molar-refractivity contribution in [1.82, 2.24) is 12.8 Å². The van der Waals surface area contributed by atoms with Crippen LogP contribution >= 0.6 is 0 Å². The van der Waals surface area contributed by atoms with Crippen molar-refractivity contribution in [3.05, 3.63) is 88.0 Å². The fourth-order valence-corrected chi connectivity index (χ4v) is 8.18. The summed E-state index contributed by atoms with van der Waals surface area (Å²) in [6.45, 7) is 3.47. The average Bonchev–Trinajstić information content (AvgIpc) is 3.24. The second-order valence-corrected chi connectivity index (χ2v) is 13.4. The molecule has 40 heavy (non-hydrogen) atoms. The normalized spacial score (nSPS) is 16.0. The fraction of sp³-hybridized carbons (Fsp3) is 0.222. The highest BCUT2D eigenvalue weighted by Crippen LogP contribution is 2.36. The zero-order valence-electron chi connectivity index (χ0n) is 21.9. The molecule has 0 aliphatic carbocycles. The van der Waals surface area contributed by atoms with Crippen LogP contribution in [0.1, 0.15) is 28.0 Å². The largest absolute Gasteiger partial charge is 0.324 e. The van der Waals surface area contributed by atoms with E-state index in [4.69, 9.17) is 0 Å². The summed E-state index contributed by atoms with van der Waals surface area (Å²) >= 11 is 0. The number of fused-ring (bicyclic) bond motifs is 1. The number of aromatic nitrogens is 2. The first kappa shape index (κ1) is 27.5. The molecule has 1 amide bonds. The zero-order chi connectivity index (χ0) is 29.0. The number of pyridine rings is 1. The van der Waals surface area contributed by atoms with E-state index in [1.165, 1.54) is 47.2 Å². The van der Waals surface area contributed by atoms with E-state index in [-0.39, 0.29) is 50.6 Å². The quantitative estimate of drug-likeness (QED) is 0.330. The number of nitrogens with zero attached hydrogens (tertiary/aromatic N) is 3. The molecule has 1 fully saturated rings. The number of nitrogens with one attached hydrogen (secondary N) is 1. The van der Waals surface area contributed by atoms with Crippen LogP contribution in [0.4, 0.5) is 5.69 Å². The van der Waals surface area contributed by atoms with Crippen molar-refractivity contribution < 1.29 is 26.4 Å².